The third-order valence-electron chi connectivity index (χ3n) is 3.02. The van der Waals surface area contributed by atoms with Gasteiger partial charge in [-0.1, -0.05) is 68.0 Å². The number of sulfone groups is 1. The summed E-state index contributed by atoms with van der Waals surface area (Å²) in [6, 6.07) is 17.9. The molecule has 2 rings (SSSR count). The van der Waals surface area contributed by atoms with Crippen LogP contribution in [0.15, 0.2) is 71.6 Å². The summed E-state index contributed by atoms with van der Waals surface area (Å²) in [6.45, 7) is 2.04. The first-order chi connectivity index (χ1) is 9.66. The third-order valence-corrected chi connectivity index (χ3v) is 4.89. The Kier molecular flexibility index (Phi) is 4.74. The Hall–Kier alpha value is -1.87. The van der Waals surface area contributed by atoms with Gasteiger partial charge >= 0.3 is 0 Å². The molecule has 0 bridgehead atoms. The largest absolute Gasteiger partial charge is 0.219 e. The van der Waals surface area contributed by atoms with Crippen molar-refractivity contribution in [2.45, 2.75) is 24.7 Å². The normalized spacial score (nSPS) is 12.3. The number of rotatable bonds is 5. The van der Waals surface area contributed by atoms with Gasteiger partial charge < -0.3 is 0 Å². The number of benzene rings is 2. The van der Waals surface area contributed by atoms with E-state index in [2.05, 4.69) is 0 Å². The molecule has 0 atom stereocenters. The van der Waals surface area contributed by atoms with E-state index in [1.54, 1.807) is 24.3 Å². The van der Waals surface area contributed by atoms with Gasteiger partial charge in [0, 0.05) is 0 Å². The molecule has 0 aromatic heterocycles. The summed E-state index contributed by atoms with van der Waals surface area (Å²) in [7, 11) is -3.47. The highest BCUT2D eigenvalue weighted by Gasteiger charge is 2.21. The lowest BCUT2D eigenvalue weighted by atomic mass is 10.2. The second-order valence-electron chi connectivity index (χ2n) is 4.54. The second-order valence-corrected chi connectivity index (χ2v) is 6.46. The number of hydrogen-bond acceptors (Lipinski definition) is 2. The topological polar surface area (TPSA) is 34.1 Å². The van der Waals surface area contributed by atoms with Crippen molar-refractivity contribution >= 4 is 14.7 Å². The summed E-state index contributed by atoms with van der Waals surface area (Å²) >= 11 is 0. The summed E-state index contributed by atoms with van der Waals surface area (Å²) in [5, 5.41) is 0. The van der Waals surface area contributed by atoms with Crippen LogP contribution in [0.4, 0.5) is 0 Å². The van der Waals surface area contributed by atoms with Crippen LogP contribution in [-0.4, -0.2) is 8.42 Å². The molecular formula is C17H18O2S. The molecule has 2 aromatic rings. The van der Waals surface area contributed by atoms with Crippen molar-refractivity contribution < 1.29 is 8.42 Å². The van der Waals surface area contributed by atoms with Gasteiger partial charge in [0.05, 0.1) is 9.80 Å². The van der Waals surface area contributed by atoms with Gasteiger partial charge in [0.25, 0.3) is 0 Å². The first kappa shape index (κ1) is 14.5. The number of unbranched alkanes of at least 4 members (excludes halogenated alkanes) is 1. The fourth-order valence-electron chi connectivity index (χ4n) is 1.99. The van der Waals surface area contributed by atoms with Crippen LogP contribution in [0.3, 0.4) is 0 Å². The summed E-state index contributed by atoms with van der Waals surface area (Å²) in [6.07, 6.45) is 3.48. The Labute approximate surface area is 120 Å². The maximum Gasteiger partial charge on any atom is 0.206 e. The zero-order valence-electron chi connectivity index (χ0n) is 11.5. The van der Waals surface area contributed by atoms with Gasteiger partial charge in [-0.05, 0) is 24.1 Å². The Bertz CT molecular complexity index is 671. The fourth-order valence-corrected chi connectivity index (χ4v) is 3.54. The first-order valence-corrected chi connectivity index (χ1v) is 8.20. The summed E-state index contributed by atoms with van der Waals surface area (Å²) in [4.78, 5) is 0.734. The predicted molar refractivity (Wildman–Crippen MR) is 83.0 cm³/mol. The Morgan fingerprint density at radius 2 is 1.50 bits per heavy atom. The van der Waals surface area contributed by atoms with E-state index >= 15 is 0 Å². The highest BCUT2D eigenvalue weighted by Crippen LogP contribution is 2.28. The van der Waals surface area contributed by atoms with E-state index in [9.17, 15) is 8.42 Å². The van der Waals surface area contributed by atoms with Crippen molar-refractivity contribution in [1.82, 2.24) is 0 Å². The van der Waals surface area contributed by atoms with Crippen molar-refractivity contribution in [2.24, 2.45) is 0 Å². The van der Waals surface area contributed by atoms with Crippen LogP contribution < -0.4 is 0 Å². The molecule has 3 heteroatoms. The van der Waals surface area contributed by atoms with E-state index in [0.717, 1.165) is 18.4 Å². The van der Waals surface area contributed by atoms with Gasteiger partial charge in [-0.3, -0.25) is 0 Å². The van der Waals surface area contributed by atoms with E-state index < -0.39 is 9.84 Å². The van der Waals surface area contributed by atoms with Crippen LogP contribution in [-0.2, 0) is 9.84 Å². The van der Waals surface area contributed by atoms with Crippen LogP contribution in [0.2, 0.25) is 0 Å². The molecule has 0 amide bonds. The van der Waals surface area contributed by atoms with Gasteiger partial charge in [-0.25, -0.2) is 8.42 Å². The fraction of sp³-hybridized carbons (Fsp3) is 0.176. The molecule has 104 valence electrons. The lowest BCUT2D eigenvalue weighted by Crippen LogP contribution is -2.04. The highest BCUT2D eigenvalue weighted by molar-refractivity contribution is 8.00. The Morgan fingerprint density at radius 3 is 2.05 bits per heavy atom. The number of allylic oxidation sites excluding steroid dienone is 1. The molecule has 2 aromatic carbocycles. The molecule has 0 aliphatic heterocycles. The van der Waals surface area contributed by atoms with Crippen molar-refractivity contribution in [3.8, 4) is 0 Å². The highest BCUT2D eigenvalue weighted by atomic mass is 32.2. The van der Waals surface area contributed by atoms with Crippen LogP contribution in [0.1, 0.15) is 25.3 Å². The molecule has 0 saturated heterocycles. The van der Waals surface area contributed by atoms with Gasteiger partial charge in [0.1, 0.15) is 0 Å². The maximum atomic E-state index is 12.8. The molecule has 0 spiro atoms. The minimum atomic E-state index is -3.47. The molecule has 0 saturated carbocycles. The van der Waals surface area contributed by atoms with E-state index in [1.807, 2.05) is 49.4 Å². The van der Waals surface area contributed by atoms with E-state index in [4.69, 9.17) is 0 Å². The van der Waals surface area contributed by atoms with E-state index in [1.165, 1.54) is 0 Å². The second kappa shape index (κ2) is 6.53. The zero-order valence-corrected chi connectivity index (χ0v) is 12.3. The quantitative estimate of drug-likeness (QED) is 0.821. The lowest BCUT2D eigenvalue weighted by molar-refractivity contribution is 0.605. The van der Waals surface area contributed by atoms with Gasteiger partial charge in [0.2, 0.25) is 9.84 Å². The molecule has 0 unspecified atom stereocenters. The van der Waals surface area contributed by atoms with Crippen molar-refractivity contribution in [2.75, 3.05) is 0 Å². The molecule has 2 nitrogen and oxygen atoms in total. The molecule has 0 heterocycles. The summed E-state index contributed by atoms with van der Waals surface area (Å²) in [5.41, 5.74) is 0.741. The molecule has 0 fully saturated rings. The lowest BCUT2D eigenvalue weighted by Gasteiger charge is -2.10. The summed E-state index contributed by atoms with van der Waals surface area (Å²) in [5.74, 6) is 0. The van der Waals surface area contributed by atoms with E-state index in [-0.39, 0.29) is 0 Å². The summed E-state index contributed by atoms with van der Waals surface area (Å²) < 4.78 is 25.5. The molecule has 0 N–H and O–H groups in total. The maximum absolute atomic E-state index is 12.8. The minimum absolute atomic E-state index is 0.339. The smallest absolute Gasteiger partial charge is 0.206 e. The first-order valence-electron chi connectivity index (χ1n) is 6.72. The molecule has 0 aliphatic carbocycles. The van der Waals surface area contributed by atoms with Crippen molar-refractivity contribution in [3.63, 3.8) is 0 Å². The molecular weight excluding hydrogens is 268 g/mol. The number of hydrogen-bond donors (Lipinski definition) is 0. The van der Waals surface area contributed by atoms with Gasteiger partial charge in [-0.15, -0.1) is 0 Å². The SMILES string of the molecule is CCCC=C(c1ccccc1)S(=O)(=O)c1ccccc1. The van der Waals surface area contributed by atoms with Crippen LogP contribution in [0.25, 0.3) is 4.91 Å². The molecule has 0 radical (unpaired) electrons. The monoisotopic (exact) mass is 286 g/mol. The Balaban J connectivity index is 2.53. The average Bonchev–Trinajstić information content (AvgIpc) is 2.49. The zero-order chi connectivity index (χ0) is 14.4. The van der Waals surface area contributed by atoms with Crippen LogP contribution in [0.5, 0.6) is 0 Å². The van der Waals surface area contributed by atoms with Crippen molar-refractivity contribution in [1.29, 1.82) is 0 Å². The van der Waals surface area contributed by atoms with Crippen molar-refractivity contribution in [3.05, 3.63) is 72.3 Å². The van der Waals surface area contributed by atoms with Gasteiger partial charge in [-0.2, -0.15) is 0 Å². The average molecular weight is 286 g/mol. The third kappa shape index (κ3) is 3.17. The standard InChI is InChI=1S/C17H18O2S/c1-2-3-14-17(15-10-6-4-7-11-15)20(18,19)16-12-8-5-9-13-16/h4-14H,2-3H2,1H3. The van der Waals surface area contributed by atoms with Gasteiger partial charge in [0.15, 0.2) is 0 Å². The minimum Gasteiger partial charge on any atom is -0.219 e. The Morgan fingerprint density at radius 1 is 0.950 bits per heavy atom. The predicted octanol–water partition coefficient (Wildman–Crippen LogP) is 4.30. The molecule has 0 aliphatic rings. The molecule has 20 heavy (non-hydrogen) atoms. The van der Waals surface area contributed by atoms with Crippen LogP contribution >= 0.6 is 0 Å². The van der Waals surface area contributed by atoms with Crippen LogP contribution in [0, 0.1) is 0 Å². The van der Waals surface area contributed by atoms with E-state index in [0.29, 0.717) is 9.80 Å².